The topological polar surface area (TPSA) is 64.0 Å². The van der Waals surface area contributed by atoms with Gasteiger partial charge in [-0.2, -0.15) is 0 Å². The molecule has 0 saturated heterocycles. The summed E-state index contributed by atoms with van der Waals surface area (Å²) < 4.78 is 1.51. The van der Waals surface area contributed by atoms with Gasteiger partial charge in [0.2, 0.25) is 5.91 Å². The summed E-state index contributed by atoms with van der Waals surface area (Å²) in [5, 5.41) is 4.33. The molecule has 0 bridgehead atoms. The van der Waals surface area contributed by atoms with Gasteiger partial charge >= 0.3 is 0 Å². The lowest BCUT2D eigenvalue weighted by Gasteiger charge is -2.13. The van der Waals surface area contributed by atoms with E-state index in [-0.39, 0.29) is 23.3 Å². The summed E-state index contributed by atoms with van der Waals surface area (Å²) in [5.41, 5.74) is 0.377. The molecule has 0 aliphatic carbocycles. The number of aromatic nitrogens is 2. The average molecular weight is 366 g/mol. The molecule has 0 radical (unpaired) electrons. The number of benzene rings is 1. The van der Waals surface area contributed by atoms with Gasteiger partial charge < -0.3 is 5.32 Å². The number of hydrogen-bond acceptors (Lipinski definition) is 4. The molecule has 24 heavy (non-hydrogen) atoms. The molecule has 0 aliphatic heterocycles. The first kappa shape index (κ1) is 18.5. The number of hydrogen-bond donors (Lipinski definition) is 1. The number of nitrogens with zero attached hydrogens (tertiary/aromatic N) is 2. The zero-order valence-electron chi connectivity index (χ0n) is 13.7. The maximum absolute atomic E-state index is 12.7. The zero-order chi connectivity index (χ0) is 17.7. The number of amides is 1. The first-order chi connectivity index (χ1) is 11.5. The fourth-order valence-corrected chi connectivity index (χ4v) is 3.11. The van der Waals surface area contributed by atoms with Crippen molar-refractivity contribution in [1.82, 2.24) is 14.9 Å². The average Bonchev–Trinajstić information content (AvgIpc) is 2.56. The number of nitrogens with one attached hydrogen (secondary N) is 1. The number of fused-ring (bicyclic) bond motifs is 1. The second kappa shape index (κ2) is 8.35. The van der Waals surface area contributed by atoms with Gasteiger partial charge in [-0.05, 0) is 31.5 Å². The number of thioether (sulfide) groups is 1. The largest absolute Gasteiger partial charge is 0.353 e. The SMILES string of the molecule is C=CCn1c(SCC(=O)NC(C)CC)nc2ccc(Cl)cc2c1=O. The van der Waals surface area contributed by atoms with Crippen molar-refractivity contribution >= 4 is 40.2 Å². The zero-order valence-corrected chi connectivity index (χ0v) is 15.3. The summed E-state index contributed by atoms with van der Waals surface area (Å²) in [6.07, 6.45) is 2.50. The van der Waals surface area contributed by atoms with Crippen molar-refractivity contribution in [3.05, 3.63) is 46.2 Å². The molecule has 128 valence electrons. The van der Waals surface area contributed by atoms with Gasteiger partial charge in [0.15, 0.2) is 5.16 Å². The molecular formula is C17H20ClN3O2S. The Morgan fingerprint density at radius 3 is 2.96 bits per heavy atom. The molecule has 1 amide bonds. The highest BCUT2D eigenvalue weighted by Gasteiger charge is 2.13. The van der Waals surface area contributed by atoms with Crippen LogP contribution in [0.25, 0.3) is 10.9 Å². The number of carbonyl (C=O) groups excluding carboxylic acids is 1. The lowest BCUT2D eigenvalue weighted by atomic mass is 10.2. The highest BCUT2D eigenvalue weighted by atomic mass is 35.5. The van der Waals surface area contributed by atoms with Crippen LogP contribution in [0.5, 0.6) is 0 Å². The third-order valence-electron chi connectivity index (χ3n) is 3.54. The van der Waals surface area contributed by atoms with E-state index in [0.29, 0.717) is 27.6 Å². The maximum atomic E-state index is 12.7. The van der Waals surface area contributed by atoms with Gasteiger partial charge in [0, 0.05) is 17.6 Å². The molecule has 7 heteroatoms. The van der Waals surface area contributed by atoms with Crippen molar-refractivity contribution in [3.63, 3.8) is 0 Å². The summed E-state index contributed by atoms with van der Waals surface area (Å²) >= 11 is 7.21. The van der Waals surface area contributed by atoms with Crippen LogP contribution in [0.3, 0.4) is 0 Å². The summed E-state index contributed by atoms with van der Waals surface area (Å²) in [7, 11) is 0. The van der Waals surface area contributed by atoms with E-state index in [1.54, 1.807) is 24.3 Å². The first-order valence-electron chi connectivity index (χ1n) is 7.69. The van der Waals surface area contributed by atoms with Crippen LogP contribution >= 0.6 is 23.4 Å². The molecule has 1 N–H and O–H groups in total. The summed E-state index contributed by atoms with van der Waals surface area (Å²) in [4.78, 5) is 29.1. The minimum Gasteiger partial charge on any atom is -0.353 e. The van der Waals surface area contributed by atoms with Crippen LogP contribution in [-0.2, 0) is 11.3 Å². The third-order valence-corrected chi connectivity index (χ3v) is 4.76. The summed E-state index contributed by atoms with van der Waals surface area (Å²) in [6.45, 7) is 7.96. The van der Waals surface area contributed by atoms with Gasteiger partial charge in [0.05, 0.1) is 16.7 Å². The second-order valence-electron chi connectivity index (χ2n) is 5.43. The molecule has 0 aliphatic rings. The molecule has 1 unspecified atom stereocenters. The van der Waals surface area contributed by atoms with Crippen molar-refractivity contribution in [2.24, 2.45) is 0 Å². The van der Waals surface area contributed by atoms with Gasteiger partial charge in [-0.25, -0.2) is 4.98 Å². The number of rotatable bonds is 7. The van der Waals surface area contributed by atoms with Crippen molar-refractivity contribution in [1.29, 1.82) is 0 Å². The predicted octanol–water partition coefficient (Wildman–Crippen LogP) is 3.24. The van der Waals surface area contributed by atoms with Crippen LogP contribution in [0.4, 0.5) is 0 Å². The van der Waals surface area contributed by atoms with Crippen molar-refractivity contribution in [3.8, 4) is 0 Å². The third kappa shape index (κ3) is 4.39. The van der Waals surface area contributed by atoms with Crippen LogP contribution in [-0.4, -0.2) is 27.3 Å². The van der Waals surface area contributed by atoms with E-state index < -0.39 is 0 Å². The number of halogens is 1. The van der Waals surface area contributed by atoms with E-state index in [4.69, 9.17) is 11.6 Å². The van der Waals surface area contributed by atoms with E-state index in [1.807, 2.05) is 13.8 Å². The van der Waals surface area contributed by atoms with Gasteiger partial charge in [0.25, 0.3) is 5.56 Å². The molecule has 0 fully saturated rings. The van der Waals surface area contributed by atoms with E-state index >= 15 is 0 Å². The van der Waals surface area contributed by atoms with Crippen molar-refractivity contribution < 1.29 is 4.79 Å². The fourth-order valence-electron chi connectivity index (χ4n) is 2.12. The Balaban J connectivity index is 2.33. The van der Waals surface area contributed by atoms with Crippen LogP contribution in [0.15, 0.2) is 40.8 Å². The second-order valence-corrected chi connectivity index (χ2v) is 6.80. The van der Waals surface area contributed by atoms with E-state index in [0.717, 1.165) is 6.42 Å². The first-order valence-corrected chi connectivity index (χ1v) is 9.05. The van der Waals surface area contributed by atoms with Crippen LogP contribution in [0.1, 0.15) is 20.3 Å². The standard InChI is InChI=1S/C17H20ClN3O2S/c1-4-8-21-16(23)13-9-12(18)6-7-14(13)20-17(21)24-10-15(22)19-11(3)5-2/h4,6-7,9,11H,1,5,8,10H2,2-3H3,(H,19,22). The van der Waals surface area contributed by atoms with Gasteiger partial charge in [-0.1, -0.05) is 36.4 Å². The molecule has 1 atom stereocenters. The lowest BCUT2D eigenvalue weighted by Crippen LogP contribution is -2.33. The fraction of sp³-hybridized carbons (Fsp3) is 0.353. The van der Waals surface area contributed by atoms with Gasteiger partial charge in [-0.15, -0.1) is 6.58 Å². The minimum atomic E-state index is -0.188. The van der Waals surface area contributed by atoms with Crippen molar-refractivity contribution in [2.75, 3.05) is 5.75 Å². The van der Waals surface area contributed by atoms with Gasteiger partial charge in [-0.3, -0.25) is 14.2 Å². The molecule has 0 saturated carbocycles. The molecule has 0 spiro atoms. The predicted molar refractivity (Wildman–Crippen MR) is 99.8 cm³/mol. The molecule has 2 aromatic rings. The smallest absolute Gasteiger partial charge is 0.262 e. The van der Waals surface area contributed by atoms with Crippen LogP contribution in [0.2, 0.25) is 5.02 Å². The molecule has 1 aromatic carbocycles. The maximum Gasteiger partial charge on any atom is 0.262 e. The molecule has 1 aromatic heterocycles. The Kier molecular flexibility index (Phi) is 6.45. The number of carbonyl (C=O) groups is 1. The Hall–Kier alpha value is -1.79. The highest BCUT2D eigenvalue weighted by molar-refractivity contribution is 7.99. The van der Waals surface area contributed by atoms with E-state index in [9.17, 15) is 9.59 Å². The molecule has 2 rings (SSSR count). The minimum absolute atomic E-state index is 0.0787. The van der Waals surface area contributed by atoms with Gasteiger partial charge in [0.1, 0.15) is 0 Å². The summed E-state index contributed by atoms with van der Waals surface area (Å²) in [6, 6.07) is 5.13. The van der Waals surface area contributed by atoms with Crippen LogP contribution in [0, 0.1) is 0 Å². The van der Waals surface area contributed by atoms with Crippen molar-refractivity contribution in [2.45, 2.75) is 38.0 Å². The van der Waals surface area contributed by atoms with E-state index in [1.165, 1.54) is 16.3 Å². The van der Waals surface area contributed by atoms with E-state index in [2.05, 4.69) is 16.9 Å². The highest BCUT2D eigenvalue weighted by Crippen LogP contribution is 2.20. The number of allylic oxidation sites excluding steroid dienone is 1. The quantitative estimate of drug-likeness (QED) is 0.464. The normalized spacial score (nSPS) is 12.1. The van der Waals surface area contributed by atoms with Crippen LogP contribution < -0.4 is 10.9 Å². The Morgan fingerprint density at radius 2 is 2.29 bits per heavy atom. The molecule has 5 nitrogen and oxygen atoms in total. The Labute approximate surface area is 150 Å². The monoisotopic (exact) mass is 365 g/mol. The molecule has 1 heterocycles. The Morgan fingerprint density at radius 1 is 1.54 bits per heavy atom. The summed E-state index contributed by atoms with van der Waals surface area (Å²) in [5.74, 6) is 0.123. The lowest BCUT2D eigenvalue weighted by molar-refractivity contribution is -0.119. The Bertz CT molecular complexity index is 819. The molecular weight excluding hydrogens is 346 g/mol.